The quantitative estimate of drug-likeness (QED) is 0.744. The third kappa shape index (κ3) is 1.61. The lowest BCUT2D eigenvalue weighted by Crippen LogP contribution is -2.27. The van der Waals surface area contributed by atoms with Gasteiger partial charge in [-0.05, 0) is 64.5 Å². The maximum absolute atomic E-state index is 5.91. The largest absolute Gasteiger partial charge is 0.399 e. The number of rotatable bonds is 0. The van der Waals surface area contributed by atoms with E-state index in [0.29, 0.717) is 0 Å². The van der Waals surface area contributed by atoms with Gasteiger partial charge in [-0.25, -0.2) is 0 Å². The van der Waals surface area contributed by atoms with Crippen molar-refractivity contribution in [2.24, 2.45) is 5.73 Å². The molecule has 0 heterocycles. The van der Waals surface area contributed by atoms with Crippen molar-refractivity contribution in [1.82, 2.24) is 0 Å². The van der Waals surface area contributed by atoms with Gasteiger partial charge in [0.2, 0.25) is 0 Å². The summed E-state index contributed by atoms with van der Waals surface area (Å²) in [4.78, 5) is 0. The van der Waals surface area contributed by atoms with E-state index in [1.54, 1.807) is 0 Å². The summed E-state index contributed by atoms with van der Waals surface area (Å²) in [5.74, 6) is 0. The first-order valence-electron chi connectivity index (χ1n) is 7.01. The second-order valence-corrected chi connectivity index (χ2v) is 5.50. The third-order valence-corrected chi connectivity index (χ3v) is 4.39. The molecule has 0 atom stereocenters. The Morgan fingerprint density at radius 2 is 1.89 bits per heavy atom. The maximum atomic E-state index is 5.91. The van der Waals surface area contributed by atoms with Crippen molar-refractivity contribution in [3.8, 4) is 0 Å². The summed E-state index contributed by atoms with van der Waals surface area (Å²) in [6.07, 6.45) is 15.7. The Hall–Kier alpha value is -2.02. The van der Waals surface area contributed by atoms with Crippen LogP contribution in [0.2, 0.25) is 0 Å². The fraction of sp³-hybridized carbons (Fsp3) is 0.222. The van der Waals surface area contributed by atoms with Gasteiger partial charge in [-0.2, -0.15) is 0 Å². The van der Waals surface area contributed by atoms with Gasteiger partial charge in [0.1, 0.15) is 0 Å². The molecule has 0 radical (unpaired) electrons. The molecule has 94 valence electrons. The molecule has 0 amide bonds. The summed E-state index contributed by atoms with van der Waals surface area (Å²) in [5.41, 5.74) is 12.7. The van der Waals surface area contributed by atoms with Gasteiger partial charge >= 0.3 is 0 Å². The predicted molar refractivity (Wildman–Crippen MR) is 79.7 cm³/mol. The van der Waals surface area contributed by atoms with E-state index >= 15 is 0 Å². The zero-order valence-corrected chi connectivity index (χ0v) is 10.9. The highest BCUT2D eigenvalue weighted by molar-refractivity contribution is 5.76. The number of fused-ring (bicyclic) bond motifs is 4. The van der Waals surface area contributed by atoms with Crippen molar-refractivity contribution in [2.45, 2.75) is 25.7 Å². The molecule has 2 N–H and O–H groups in total. The zero-order valence-electron chi connectivity index (χ0n) is 10.9. The van der Waals surface area contributed by atoms with Crippen LogP contribution in [0.25, 0.3) is 11.6 Å². The first-order valence-corrected chi connectivity index (χ1v) is 7.01. The lowest BCUT2D eigenvalue weighted by Gasteiger charge is -2.22. The van der Waals surface area contributed by atoms with Crippen molar-refractivity contribution < 1.29 is 0 Å². The monoisotopic (exact) mass is 247 g/mol. The second-order valence-electron chi connectivity index (χ2n) is 5.50. The Labute approximate surface area is 113 Å². The Balaban J connectivity index is 2.05. The lowest BCUT2D eigenvalue weighted by molar-refractivity contribution is 0.962. The maximum Gasteiger partial charge on any atom is 0.0282 e. The highest BCUT2D eigenvalue weighted by Crippen LogP contribution is 2.27. The normalized spacial score (nSPS) is 19.7. The van der Waals surface area contributed by atoms with Crippen LogP contribution in [0.1, 0.15) is 24.0 Å². The van der Waals surface area contributed by atoms with Crippen LogP contribution < -0.4 is 16.2 Å². The van der Waals surface area contributed by atoms with Gasteiger partial charge in [0.05, 0.1) is 0 Å². The van der Waals surface area contributed by atoms with Crippen molar-refractivity contribution in [1.29, 1.82) is 0 Å². The number of hydrogen-bond donors (Lipinski definition) is 1. The van der Waals surface area contributed by atoms with E-state index < -0.39 is 0 Å². The molecular formula is C18H17N. The first kappa shape index (κ1) is 10.9. The molecule has 1 aromatic rings. The zero-order chi connectivity index (χ0) is 12.8. The van der Waals surface area contributed by atoms with Gasteiger partial charge in [0, 0.05) is 5.70 Å². The van der Waals surface area contributed by atoms with E-state index in [1.165, 1.54) is 45.6 Å². The van der Waals surface area contributed by atoms with Gasteiger partial charge in [0.25, 0.3) is 0 Å². The molecule has 0 fully saturated rings. The van der Waals surface area contributed by atoms with E-state index in [-0.39, 0.29) is 0 Å². The van der Waals surface area contributed by atoms with E-state index in [4.69, 9.17) is 5.73 Å². The standard InChI is InChI=1S/C18H17N/c19-14-7-10-16-13(11-14)6-9-17-15-4-2-1-3-12(15)5-8-18(16)17/h2,4-7,9,11H,1,3,8,10,19H2. The van der Waals surface area contributed by atoms with Crippen molar-refractivity contribution in [2.75, 3.05) is 0 Å². The summed E-state index contributed by atoms with van der Waals surface area (Å²) in [7, 11) is 0. The van der Waals surface area contributed by atoms with Crippen LogP contribution >= 0.6 is 0 Å². The summed E-state index contributed by atoms with van der Waals surface area (Å²) >= 11 is 0. The van der Waals surface area contributed by atoms with Crippen LogP contribution in [0, 0.1) is 0 Å². The minimum Gasteiger partial charge on any atom is -0.399 e. The van der Waals surface area contributed by atoms with E-state index in [2.05, 4.69) is 42.5 Å². The van der Waals surface area contributed by atoms with Crippen LogP contribution in [0.3, 0.4) is 0 Å². The molecule has 19 heavy (non-hydrogen) atoms. The summed E-state index contributed by atoms with van der Waals surface area (Å²) in [6, 6.07) is 4.51. The van der Waals surface area contributed by atoms with Crippen LogP contribution in [-0.4, -0.2) is 0 Å². The van der Waals surface area contributed by atoms with Gasteiger partial charge in [-0.3, -0.25) is 0 Å². The Morgan fingerprint density at radius 1 is 1.00 bits per heavy atom. The molecule has 4 rings (SSSR count). The van der Waals surface area contributed by atoms with Crippen LogP contribution in [0.5, 0.6) is 0 Å². The summed E-state index contributed by atoms with van der Waals surface area (Å²) in [6.45, 7) is 0. The molecule has 1 nitrogen and oxygen atoms in total. The van der Waals surface area contributed by atoms with Gasteiger partial charge in [-0.15, -0.1) is 0 Å². The molecule has 0 saturated carbocycles. The molecule has 3 aliphatic rings. The average molecular weight is 247 g/mol. The fourth-order valence-corrected chi connectivity index (χ4v) is 3.41. The van der Waals surface area contributed by atoms with Gasteiger partial charge in [0.15, 0.2) is 0 Å². The predicted octanol–water partition coefficient (Wildman–Crippen LogP) is 1.85. The van der Waals surface area contributed by atoms with Gasteiger partial charge in [-0.1, -0.05) is 36.4 Å². The molecule has 0 bridgehead atoms. The number of hydrogen-bond acceptors (Lipinski definition) is 1. The van der Waals surface area contributed by atoms with E-state index in [9.17, 15) is 0 Å². The van der Waals surface area contributed by atoms with Crippen molar-refractivity contribution >= 4 is 11.6 Å². The molecule has 1 aromatic carbocycles. The van der Waals surface area contributed by atoms with Crippen LogP contribution in [0.15, 0.2) is 47.7 Å². The molecule has 0 unspecified atom stereocenters. The topological polar surface area (TPSA) is 26.0 Å². The first-order chi connectivity index (χ1) is 9.33. The number of allylic oxidation sites excluding steroid dienone is 6. The fourth-order valence-electron chi connectivity index (χ4n) is 3.41. The minimum atomic E-state index is 0.893. The average Bonchev–Trinajstić information content (AvgIpc) is 2.46. The third-order valence-electron chi connectivity index (χ3n) is 4.39. The minimum absolute atomic E-state index is 0.893. The van der Waals surface area contributed by atoms with E-state index in [1.807, 2.05) is 0 Å². The molecular weight excluding hydrogens is 230 g/mol. The van der Waals surface area contributed by atoms with Gasteiger partial charge < -0.3 is 5.73 Å². The number of nitrogens with two attached hydrogens (primary N) is 1. The lowest BCUT2D eigenvalue weighted by atomic mass is 9.83. The Kier molecular flexibility index (Phi) is 2.28. The van der Waals surface area contributed by atoms with Crippen molar-refractivity contribution in [3.63, 3.8) is 0 Å². The molecule has 0 spiro atoms. The highest BCUT2D eigenvalue weighted by Gasteiger charge is 2.16. The molecule has 0 saturated heterocycles. The Bertz CT molecular complexity index is 773. The number of benzene rings is 1. The molecule has 3 aliphatic carbocycles. The smallest absolute Gasteiger partial charge is 0.0282 e. The SMILES string of the molecule is NC1=CCc2c3c(ccc2=C1)=C1C=CCCC1=CC3. The van der Waals surface area contributed by atoms with E-state index in [0.717, 1.165) is 18.5 Å². The molecule has 0 aromatic heterocycles. The highest BCUT2D eigenvalue weighted by atomic mass is 14.6. The van der Waals surface area contributed by atoms with Crippen molar-refractivity contribution in [3.05, 3.63) is 69.3 Å². The van der Waals surface area contributed by atoms with Crippen LogP contribution in [-0.2, 0) is 12.8 Å². The Morgan fingerprint density at radius 3 is 2.84 bits per heavy atom. The molecule has 1 heteroatoms. The van der Waals surface area contributed by atoms with Crippen LogP contribution in [0.4, 0.5) is 0 Å². The molecule has 0 aliphatic heterocycles. The second kappa shape index (κ2) is 3.99. The summed E-state index contributed by atoms with van der Waals surface area (Å²) in [5, 5.41) is 2.74. The summed E-state index contributed by atoms with van der Waals surface area (Å²) < 4.78 is 0.